The number of aromatic nitrogens is 2. The Balaban J connectivity index is 1.41. The van der Waals surface area contributed by atoms with Gasteiger partial charge in [-0.1, -0.05) is 39.3 Å². The SMILES string of the molecule is CC1(C)C(NC(=O)c2cnc(N3CCC(CC=O)C3)nc2)C(C)(C)C1Oc1ccc(C#N)c(Cl)c1. The van der Waals surface area contributed by atoms with E-state index in [1.54, 1.807) is 30.6 Å². The average Bonchev–Trinajstić information content (AvgIpc) is 3.29. The monoisotopic (exact) mass is 495 g/mol. The van der Waals surface area contributed by atoms with Crippen LogP contribution in [0.3, 0.4) is 0 Å². The number of benzene rings is 1. The predicted octanol–water partition coefficient (Wildman–Crippen LogP) is 4.03. The van der Waals surface area contributed by atoms with E-state index in [2.05, 4.69) is 43.0 Å². The second-order valence-electron chi connectivity index (χ2n) is 10.6. The lowest BCUT2D eigenvalue weighted by atomic mass is 9.49. The minimum absolute atomic E-state index is 0.149. The largest absolute Gasteiger partial charge is 0.489 e. The number of carbonyl (C=O) groups is 2. The Hall–Kier alpha value is -3.18. The maximum absolute atomic E-state index is 13.0. The molecule has 8 nitrogen and oxygen atoms in total. The molecule has 2 aliphatic rings. The lowest BCUT2D eigenvalue weighted by molar-refractivity contribution is -0.164. The van der Waals surface area contributed by atoms with Crippen LogP contribution in [0.4, 0.5) is 5.95 Å². The van der Waals surface area contributed by atoms with Gasteiger partial charge in [0.1, 0.15) is 24.2 Å². The maximum atomic E-state index is 13.0. The van der Waals surface area contributed by atoms with Gasteiger partial charge < -0.3 is 19.7 Å². The highest BCUT2D eigenvalue weighted by molar-refractivity contribution is 6.31. The van der Waals surface area contributed by atoms with E-state index in [9.17, 15) is 9.59 Å². The summed E-state index contributed by atoms with van der Waals surface area (Å²) < 4.78 is 6.28. The molecule has 1 unspecified atom stereocenters. The maximum Gasteiger partial charge on any atom is 0.254 e. The van der Waals surface area contributed by atoms with E-state index < -0.39 is 0 Å². The summed E-state index contributed by atoms with van der Waals surface area (Å²) in [6.45, 7) is 9.79. The fourth-order valence-electron chi connectivity index (χ4n) is 5.75. The minimum Gasteiger partial charge on any atom is -0.489 e. The number of anilines is 1. The number of nitrogens with zero attached hydrogens (tertiary/aromatic N) is 4. The molecule has 4 rings (SSSR count). The molecule has 0 spiro atoms. The van der Waals surface area contributed by atoms with Crippen molar-refractivity contribution in [2.45, 2.75) is 52.7 Å². The quantitative estimate of drug-likeness (QED) is 0.577. The van der Waals surface area contributed by atoms with E-state index in [-0.39, 0.29) is 28.9 Å². The molecule has 0 bridgehead atoms. The van der Waals surface area contributed by atoms with Gasteiger partial charge in [0.15, 0.2) is 0 Å². The zero-order chi connectivity index (χ0) is 25.4. The Labute approximate surface area is 210 Å². The molecule has 1 N–H and O–H groups in total. The number of nitriles is 1. The Kier molecular flexibility index (Phi) is 6.74. The third kappa shape index (κ3) is 4.70. The molecule has 35 heavy (non-hydrogen) atoms. The van der Waals surface area contributed by atoms with Crippen LogP contribution in [0.5, 0.6) is 5.75 Å². The zero-order valence-corrected chi connectivity index (χ0v) is 21.2. The van der Waals surface area contributed by atoms with E-state index in [0.717, 1.165) is 25.8 Å². The highest BCUT2D eigenvalue weighted by Crippen LogP contribution is 2.55. The van der Waals surface area contributed by atoms with Crippen molar-refractivity contribution in [3.8, 4) is 11.8 Å². The molecule has 1 atom stereocenters. The summed E-state index contributed by atoms with van der Waals surface area (Å²) in [5, 5.41) is 12.6. The van der Waals surface area contributed by atoms with Crippen molar-refractivity contribution in [3.63, 3.8) is 0 Å². The van der Waals surface area contributed by atoms with Gasteiger partial charge in [-0.25, -0.2) is 9.97 Å². The zero-order valence-electron chi connectivity index (χ0n) is 20.4. The molecule has 1 saturated heterocycles. The van der Waals surface area contributed by atoms with E-state index in [0.29, 0.717) is 40.2 Å². The number of nitrogens with one attached hydrogen (secondary N) is 1. The summed E-state index contributed by atoms with van der Waals surface area (Å²) in [7, 11) is 0. The second kappa shape index (κ2) is 9.46. The van der Waals surface area contributed by atoms with Gasteiger partial charge in [0.2, 0.25) is 5.95 Å². The lowest BCUT2D eigenvalue weighted by Gasteiger charge is -2.63. The highest BCUT2D eigenvalue weighted by Gasteiger charge is 2.64. The van der Waals surface area contributed by atoms with Crippen LogP contribution in [-0.4, -0.2) is 47.4 Å². The van der Waals surface area contributed by atoms with Crippen LogP contribution in [0, 0.1) is 28.1 Å². The summed E-state index contributed by atoms with van der Waals surface area (Å²) in [5.41, 5.74) is 0.0784. The van der Waals surface area contributed by atoms with Crippen LogP contribution in [-0.2, 0) is 4.79 Å². The number of carbonyl (C=O) groups excluding carboxylic acids is 2. The number of rotatable bonds is 7. The third-order valence-electron chi connectivity index (χ3n) is 7.33. The standard InChI is InChI=1S/C26H30ClN5O3/c1-25(2)22(26(3,4)23(25)35-19-6-5-17(12-28)20(27)11-19)31-21(34)18-13-29-24(30-14-18)32-9-7-16(15-32)8-10-33/h5-6,10-11,13-14,16,22-23H,7-9,15H2,1-4H3,(H,31,34). The third-order valence-corrected chi connectivity index (χ3v) is 7.64. The van der Waals surface area contributed by atoms with Gasteiger partial charge in [0, 0.05) is 54.8 Å². The Morgan fingerprint density at radius 1 is 1.29 bits per heavy atom. The van der Waals surface area contributed by atoms with Crippen molar-refractivity contribution in [3.05, 3.63) is 46.7 Å². The van der Waals surface area contributed by atoms with Crippen molar-refractivity contribution in [1.29, 1.82) is 5.26 Å². The molecular weight excluding hydrogens is 466 g/mol. The van der Waals surface area contributed by atoms with Gasteiger partial charge in [-0.3, -0.25) is 4.79 Å². The van der Waals surface area contributed by atoms with Crippen molar-refractivity contribution in [2.75, 3.05) is 18.0 Å². The van der Waals surface area contributed by atoms with Crippen molar-refractivity contribution >= 4 is 29.7 Å². The molecule has 9 heteroatoms. The first-order valence-electron chi connectivity index (χ1n) is 11.8. The van der Waals surface area contributed by atoms with Crippen LogP contribution >= 0.6 is 11.6 Å². The first-order chi connectivity index (χ1) is 16.6. The summed E-state index contributed by atoms with van der Waals surface area (Å²) >= 11 is 6.17. The number of hydrogen-bond acceptors (Lipinski definition) is 7. The van der Waals surface area contributed by atoms with E-state index in [1.807, 2.05) is 11.0 Å². The molecule has 1 aliphatic carbocycles. The number of aldehydes is 1. The van der Waals surface area contributed by atoms with E-state index in [1.165, 1.54) is 0 Å². The van der Waals surface area contributed by atoms with E-state index in [4.69, 9.17) is 21.6 Å². The van der Waals surface area contributed by atoms with Gasteiger partial charge in [-0.15, -0.1) is 0 Å². The van der Waals surface area contributed by atoms with Gasteiger partial charge in [-0.2, -0.15) is 5.26 Å². The molecule has 1 saturated carbocycles. The lowest BCUT2D eigenvalue weighted by Crippen LogP contribution is -2.74. The molecule has 1 aromatic carbocycles. The van der Waals surface area contributed by atoms with E-state index >= 15 is 0 Å². The Morgan fingerprint density at radius 2 is 1.97 bits per heavy atom. The molecule has 2 heterocycles. The smallest absolute Gasteiger partial charge is 0.254 e. The van der Waals surface area contributed by atoms with Crippen LogP contribution < -0.4 is 15.0 Å². The summed E-state index contributed by atoms with van der Waals surface area (Å²) in [6.07, 6.45) is 5.37. The summed E-state index contributed by atoms with van der Waals surface area (Å²) in [4.78, 5) is 34.6. The highest BCUT2D eigenvalue weighted by atomic mass is 35.5. The fourth-order valence-corrected chi connectivity index (χ4v) is 5.97. The molecule has 2 aromatic rings. The van der Waals surface area contributed by atoms with Crippen LogP contribution in [0.2, 0.25) is 5.02 Å². The molecule has 0 radical (unpaired) electrons. The number of amides is 1. The van der Waals surface area contributed by atoms with Crippen molar-refractivity contribution in [2.24, 2.45) is 16.7 Å². The van der Waals surface area contributed by atoms with Gasteiger partial charge >= 0.3 is 0 Å². The molecule has 184 valence electrons. The first kappa shape index (κ1) is 24.9. The van der Waals surface area contributed by atoms with Crippen LogP contribution in [0.1, 0.15) is 56.5 Å². The van der Waals surface area contributed by atoms with Crippen molar-refractivity contribution in [1.82, 2.24) is 15.3 Å². The van der Waals surface area contributed by atoms with Gasteiger partial charge in [-0.05, 0) is 24.5 Å². The number of hydrogen-bond donors (Lipinski definition) is 1. The number of ether oxygens (including phenoxy) is 1. The summed E-state index contributed by atoms with van der Waals surface area (Å²) in [6, 6.07) is 6.93. The van der Waals surface area contributed by atoms with Crippen molar-refractivity contribution < 1.29 is 14.3 Å². The predicted molar refractivity (Wildman–Crippen MR) is 132 cm³/mol. The molecule has 1 aromatic heterocycles. The topological polar surface area (TPSA) is 108 Å². The first-order valence-corrected chi connectivity index (χ1v) is 12.1. The fraction of sp³-hybridized carbons (Fsp3) is 0.500. The second-order valence-corrected chi connectivity index (χ2v) is 11.0. The average molecular weight is 496 g/mol. The molecule has 1 amide bonds. The Morgan fingerprint density at radius 3 is 2.57 bits per heavy atom. The molecule has 2 fully saturated rings. The van der Waals surface area contributed by atoms with Gasteiger partial charge in [0.25, 0.3) is 5.91 Å². The summed E-state index contributed by atoms with van der Waals surface area (Å²) in [5.74, 6) is 1.26. The molecular formula is C26H30ClN5O3. The van der Waals surface area contributed by atoms with Gasteiger partial charge in [0.05, 0.1) is 16.1 Å². The normalized spacial score (nSPS) is 24.2. The van der Waals surface area contributed by atoms with Crippen LogP contribution in [0.15, 0.2) is 30.6 Å². The Bertz CT molecular complexity index is 1140. The number of halogens is 1. The minimum atomic E-state index is -0.358. The molecule has 1 aliphatic heterocycles. The van der Waals surface area contributed by atoms with Crippen LogP contribution in [0.25, 0.3) is 0 Å².